The maximum atomic E-state index is 13.9. The molecule has 1 aliphatic heterocycles. The second kappa shape index (κ2) is 5.47. The number of hydrogen-bond acceptors (Lipinski definition) is 3. The van der Waals surface area contributed by atoms with E-state index in [0.717, 1.165) is 25.1 Å². The van der Waals surface area contributed by atoms with E-state index in [1.54, 1.807) is 6.07 Å². The number of rotatable bonds is 4. The van der Waals surface area contributed by atoms with Crippen LogP contribution < -0.4 is 10.2 Å². The zero-order chi connectivity index (χ0) is 12.3. The molecule has 0 saturated carbocycles. The van der Waals surface area contributed by atoms with Crippen LogP contribution in [0.15, 0.2) is 18.2 Å². The number of nitrogens with one attached hydrogen (secondary N) is 1. The standard InChI is InChI=1S/C13H19FN2O/c1-15-7-11-3-2-4-12(14)13(11)16-6-5-10(8-16)9-17/h2-4,10,15,17H,5-9H2,1H3. The second-order valence-electron chi connectivity index (χ2n) is 4.56. The van der Waals surface area contributed by atoms with Crippen LogP contribution in [0.2, 0.25) is 0 Å². The van der Waals surface area contributed by atoms with Gasteiger partial charge in [-0.05, 0) is 25.1 Å². The van der Waals surface area contributed by atoms with Crippen LogP contribution in [0, 0.1) is 11.7 Å². The lowest BCUT2D eigenvalue weighted by Gasteiger charge is -2.22. The summed E-state index contributed by atoms with van der Waals surface area (Å²) in [6.07, 6.45) is 0.934. The number of aliphatic hydroxyl groups excluding tert-OH is 1. The Morgan fingerprint density at radius 2 is 2.35 bits per heavy atom. The van der Waals surface area contributed by atoms with Crippen molar-refractivity contribution >= 4 is 5.69 Å². The summed E-state index contributed by atoms with van der Waals surface area (Å²) in [6, 6.07) is 5.19. The Kier molecular flexibility index (Phi) is 3.97. The first-order valence-corrected chi connectivity index (χ1v) is 6.04. The lowest BCUT2D eigenvalue weighted by molar-refractivity contribution is 0.238. The van der Waals surface area contributed by atoms with E-state index in [1.165, 1.54) is 6.07 Å². The largest absolute Gasteiger partial charge is 0.396 e. The van der Waals surface area contributed by atoms with Crippen LogP contribution >= 0.6 is 0 Å². The molecule has 0 aromatic heterocycles. The highest BCUT2D eigenvalue weighted by atomic mass is 19.1. The molecule has 1 aromatic rings. The van der Waals surface area contributed by atoms with Crippen LogP contribution in [-0.4, -0.2) is 31.9 Å². The molecule has 1 aromatic carbocycles. The molecule has 1 saturated heterocycles. The monoisotopic (exact) mass is 238 g/mol. The maximum Gasteiger partial charge on any atom is 0.146 e. The van der Waals surface area contributed by atoms with Crippen LogP contribution in [0.5, 0.6) is 0 Å². The van der Waals surface area contributed by atoms with Crippen molar-refractivity contribution in [2.45, 2.75) is 13.0 Å². The van der Waals surface area contributed by atoms with E-state index < -0.39 is 0 Å². The third kappa shape index (κ3) is 2.58. The Balaban J connectivity index is 2.24. The number of nitrogens with zero attached hydrogens (tertiary/aromatic N) is 1. The molecule has 2 N–H and O–H groups in total. The summed E-state index contributed by atoms with van der Waals surface area (Å²) in [4.78, 5) is 2.04. The molecule has 1 fully saturated rings. The average Bonchev–Trinajstić information content (AvgIpc) is 2.78. The van der Waals surface area contributed by atoms with Crippen LogP contribution in [0.3, 0.4) is 0 Å². The van der Waals surface area contributed by atoms with Gasteiger partial charge in [0.25, 0.3) is 0 Å². The molecule has 0 bridgehead atoms. The number of hydrogen-bond donors (Lipinski definition) is 2. The van der Waals surface area contributed by atoms with Gasteiger partial charge in [-0.3, -0.25) is 0 Å². The second-order valence-corrected chi connectivity index (χ2v) is 4.56. The van der Waals surface area contributed by atoms with Crippen LogP contribution in [-0.2, 0) is 6.54 Å². The molecular weight excluding hydrogens is 219 g/mol. The zero-order valence-corrected chi connectivity index (χ0v) is 10.1. The fourth-order valence-electron chi connectivity index (χ4n) is 2.43. The molecular formula is C13H19FN2O. The van der Waals surface area contributed by atoms with E-state index in [-0.39, 0.29) is 18.3 Å². The van der Waals surface area contributed by atoms with Crippen molar-refractivity contribution in [3.8, 4) is 0 Å². The summed E-state index contributed by atoms with van der Waals surface area (Å²) in [5.74, 6) is 0.105. The van der Waals surface area contributed by atoms with E-state index in [0.29, 0.717) is 12.2 Å². The summed E-state index contributed by atoms with van der Waals surface area (Å²) >= 11 is 0. The molecule has 94 valence electrons. The van der Waals surface area contributed by atoms with E-state index in [1.807, 2.05) is 18.0 Å². The molecule has 1 atom stereocenters. The Labute approximate surface area is 101 Å². The fourth-order valence-corrected chi connectivity index (χ4v) is 2.43. The van der Waals surface area contributed by atoms with Gasteiger partial charge in [0, 0.05) is 32.2 Å². The minimum atomic E-state index is -0.170. The van der Waals surface area contributed by atoms with Crippen molar-refractivity contribution in [3.63, 3.8) is 0 Å². The van der Waals surface area contributed by atoms with Gasteiger partial charge in [0.1, 0.15) is 5.82 Å². The van der Waals surface area contributed by atoms with E-state index in [2.05, 4.69) is 5.32 Å². The first-order chi connectivity index (χ1) is 8.26. The number of anilines is 1. The minimum absolute atomic E-state index is 0.170. The third-order valence-corrected chi connectivity index (χ3v) is 3.30. The number of benzene rings is 1. The van der Waals surface area contributed by atoms with Crippen molar-refractivity contribution in [2.24, 2.45) is 5.92 Å². The molecule has 0 amide bonds. The number of halogens is 1. The number of para-hydroxylation sites is 1. The van der Waals surface area contributed by atoms with E-state index in [4.69, 9.17) is 5.11 Å². The Bertz CT molecular complexity index is 384. The van der Waals surface area contributed by atoms with Crippen molar-refractivity contribution in [3.05, 3.63) is 29.6 Å². The van der Waals surface area contributed by atoms with Gasteiger partial charge >= 0.3 is 0 Å². The van der Waals surface area contributed by atoms with E-state index in [9.17, 15) is 4.39 Å². The first-order valence-electron chi connectivity index (χ1n) is 6.04. The smallest absolute Gasteiger partial charge is 0.146 e. The highest BCUT2D eigenvalue weighted by Gasteiger charge is 2.25. The van der Waals surface area contributed by atoms with Crippen molar-refractivity contribution in [2.75, 3.05) is 31.6 Å². The SMILES string of the molecule is CNCc1cccc(F)c1N1CCC(CO)C1. The van der Waals surface area contributed by atoms with Gasteiger partial charge in [-0.15, -0.1) is 0 Å². The van der Waals surface area contributed by atoms with Crippen LogP contribution in [0.4, 0.5) is 10.1 Å². The molecule has 2 rings (SSSR count). The summed E-state index contributed by atoms with van der Waals surface area (Å²) in [6.45, 7) is 2.41. The van der Waals surface area contributed by atoms with Gasteiger partial charge in [0.05, 0.1) is 5.69 Å². The molecule has 1 unspecified atom stereocenters. The van der Waals surface area contributed by atoms with Crippen molar-refractivity contribution in [1.82, 2.24) is 5.32 Å². The van der Waals surface area contributed by atoms with Gasteiger partial charge in [-0.25, -0.2) is 4.39 Å². The zero-order valence-electron chi connectivity index (χ0n) is 10.1. The van der Waals surface area contributed by atoms with Crippen LogP contribution in [0.25, 0.3) is 0 Å². The molecule has 0 aliphatic carbocycles. The van der Waals surface area contributed by atoms with Crippen molar-refractivity contribution < 1.29 is 9.50 Å². The van der Waals surface area contributed by atoms with Gasteiger partial charge in [-0.2, -0.15) is 0 Å². The van der Waals surface area contributed by atoms with Gasteiger partial charge in [0.15, 0.2) is 0 Å². The van der Waals surface area contributed by atoms with Crippen LogP contribution in [0.1, 0.15) is 12.0 Å². The Morgan fingerprint density at radius 1 is 1.53 bits per heavy atom. The summed E-state index contributed by atoms with van der Waals surface area (Å²) in [7, 11) is 1.86. The molecule has 1 heterocycles. The third-order valence-electron chi connectivity index (χ3n) is 3.30. The van der Waals surface area contributed by atoms with Crippen molar-refractivity contribution in [1.29, 1.82) is 0 Å². The minimum Gasteiger partial charge on any atom is -0.396 e. The highest BCUT2D eigenvalue weighted by molar-refractivity contribution is 5.55. The predicted molar refractivity (Wildman–Crippen MR) is 66.6 cm³/mol. The Hall–Kier alpha value is -1.13. The first kappa shape index (κ1) is 12.3. The molecule has 0 spiro atoms. The quantitative estimate of drug-likeness (QED) is 0.831. The average molecular weight is 238 g/mol. The molecule has 3 nitrogen and oxygen atoms in total. The maximum absolute atomic E-state index is 13.9. The van der Waals surface area contributed by atoms with Gasteiger partial charge in [0.2, 0.25) is 0 Å². The Morgan fingerprint density at radius 3 is 3.00 bits per heavy atom. The van der Waals surface area contributed by atoms with Gasteiger partial charge in [-0.1, -0.05) is 12.1 Å². The van der Waals surface area contributed by atoms with E-state index >= 15 is 0 Å². The fraction of sp³-hybridized carbons (Fsp3) is 0.538. The topological polar surface area (TPSA) is 35.5 Å². The highest BCUT2D eigenvalue weighted by Crippen LogP contribution is 2.29. The predicted octanol–water partition coefficient (Wildman–Crippen LogP) is 1.36. The lowest BCUT2D eigenvalue weighted by Crippen LogP contribution is -2.24. The summed E-state index contributed by atoms with van der Waals surface area (Å²) in [5, 5.41) is 12.2. The molecule has 4 heteroatoms. The molecule has 0 radical (unpaired) electrons. The molecule has 17 heavy (non-hydrogen) atoms. The van der Waals surface area contributed by atoms with Gasteiger partial charge < -0.3 is 15.3 Å². The number of aliphatic hydroxyl groups is 1. The normalized spacial score (nSPS) is 19.9. The molecule has 1 aliphatic rings. The summed E-state index contributed by atoms with van der Waals surface area (Å²) in [5.41, 5.74) is 1.67. The lowest BCUT2D eigenvalue weighted by atomic mass is 10.1. The summed E-state index contributed by atoms with van der Waals surface area (Å²) < 4.78 is 13.9.